The number of ether oxygens (including phenoxy) is 1. The highest BCUT2D eigenvalue weighted by atomic mass is 16.5. The summed E-state index contributed by atoms with van der Waals surface area (Å²) in [6, 6.07) is 12.2. The van der Waals surface area contributed by atoms with Crippen LogP contribution < -0.4 is 10.1 Å². The van der Waals surface area contributed by atoms with Crippen molar-refractivity contribution < 1.29 is 9.53 Å². The molecule has 0 aromatic heterocycles. The van der Waals surface area contributed by atoms with Crippen LogP contribution in [0.5, 0.6) is 5.75 Å². The number of nitrogens with zero attached hydrogens (tertiary/aromatic N) is 2. The molecule has 0 saturated heterocycles. The lowest BCUT2D eigenvalue weighted by Crippen LogP contribution is -2.12. The van der Waals surface area contributed by atoms with Gasteiger partial charge >= 0.3 is 0 Å². The molecule has 20 heavy (non-hydrogen) atoms. The van der Waals surface area contributed by atoms with Gasteiger partial charge in [-0.05, 0) is 30.7 Å². The number of methoxy groups -OCH3 is 1. The molecule has 0 aliphatic carbocycles. The van der Waals surface area contributed by atoms with Gasteiger partial charge in [-0.3, -0.25) is 4.79 Å². The average molecular weight is 268 g/mol. The van der Waals surface area contributed by atoms with Gasteiger partial charge in [-0.1, -0.05) is 18.2 Å². The van der Waals surface area contributed by atoms with E-state index >= 15 is 0 Å². The number of anilines is 1. The van der Waals surface area contributed by atoms with Gasteiger partial charge in [0.15, 0.2) is 0 Å². The molecule has 0 atom stereocenters. The molecule has 5 nitrogen and oxygen atoms in total. The van der Waals surface area contributed by atoms with Crippen molar-refractivity contribution in [2.24, 2.45) is 5.11 Å². The molecule has 0 bridgehead atoms. The number of carbonyl (C=O) groups is 1. The van der Waals surface area contributed by atoms with Crippen LogP contribution in [0.3, 0.4) is 0 Å². The van der Waals surface area contributed by atoms with Gasteiger partial charge in [-0.15, -0.1) is 0 Å². The van der Waals surface area contributed by atoms with Gasteiger partial charge in [0, 0.05) is 17.3 Å². The molecule has 1 amide bonds. The predicted octanol–water partition coefficient (Wildman–Crippen LogP) is 3.91. The average Bonchev–Trinajstić information content (AvgIpc) is 2.49. The maximum atomic E-state index is 12.1. The molecule has 0 saturated carbocycles. The third-order valence-electron chi connectivity index (χ3n) is 2.92. The Morgan fingerprint density at radius 3 is 2.55 bits per heavy atom. The van der Waals surface area contributed by atoms with Crippen molar-refractivity contribution in [1.29, 1.82) is 0 Å². The molecule has 0 aliphatic rings. The topological polar surface area (TPSA) is 73.0 Å². The lowest BCUT2D eigenvalue weighted by atomic mass is 10.1. The van der Waals surface area contributed by atoms with E-state index < -0.39 is 0 Å². The molecular formula is C15H14N3O2-. The zero-order chi connectivity index (χ0) is 14.5. The second-order valence-corrected chi connectivity index (χ2v) is 4.26. The first-order valence-electron chi connectivity index (χ1n) is 6.06. The maximum Gasteiger partial charge on any atom is 0.255 e. The molecule has 2 aromatic carbocycles. The molecular weight excluding hydrogens is 254 g/mol. The van der Waals surface area contributed by atoms with E-state index in [9.17, 15) is 4.79 Å². The summed E-state index contributed by atoms with van der Waals surface area (Å²) in [6.07, 6.45) is 0. The summed E-state index contributed by atoms with van der Waals surface area (Å²) >= 11 is 0. The minimum Gasteiger partial charge on any atom is -0.706 e. The number of carbonyl (C=O) groups excluding carboxylic acids is 1. The number of benzene rings is 2. The maximum absolute atomic E-state index is 12.1. The van der Waals surface area contributed by atoms with Crippen LogP contribution >= 0.6 is 0 Å². The van der Waals surface area contributed by atoms with Crippen LogP contribution in [0, 0.1) is 6.92 Å². The summed E-state index contributed by atoms with van der Waals surface area (Å²) in [7, 11) is 1.47. The van der Waals surface area contributed by atoms with E-state index in [4.69, 9.17) is 10.3 Å². The molecule has 2 rings (SSSR count). The number of nitrogens with one attached hydrogen (secondary N) is 1. The van der Waals surface area contributed by atoms with Gasteiger partial charge in [0.1, 0.15) is 5.75 Å². The van der Waals surface area contributed by atoms with E-state index in [2.05, 4.69) is 10.4 Å². The van der Waals surface area contributed by atoms with Crippen molar-refractivity contribution in [3.63, 3.8) is 0 Å². The Bertz CT molecular complexity index is 639. The third kappa shape index (κ3) is 2.83. The monoisotopic (exact) mass is 268 g/mol. The summed E-state index contributed by atoms with van der Waals surface area (Å²) in [5, 5.41) is 5.95. The Morgan fingerprint density at radius 1 is 1.25 bits per heavy atom. The van der Waals surface area contributed by atoms with E-state index in [1.807, 2.05) is 13.0 Å². The highest BCUT2D eigenvalue weighted by molar-refractivity contribution is 6.04. The van der Waals surface area contributed by atoms with E-state index in [0.29, 0.717) is 22.7 Å². The fourth-order valence-electron chi connectivity index (χ4n) is 1.83. The van der Waals surface area contributed by atoms with E-state index in [-0.39, 0.29) is 5.91 Å². The predicted molar refractivity (Wildman–Crippen MR) is 77.6 cm³/mol. The van der Waals surface area contributed by atoms with Gasteiger partial charge in [0.05, 0.1) is 12.8 Å². The first-order chi connectivity index (χ1) is 9.65. The van der Waals surface area contributed by atoms with Gasteiger partial charge in [-0.25, -0.2) is 0 Å². The molecule has 0 spiro atoms. The van der Waals surface area contributed by atoms with Crippen LogP contribution in [0.2, 0.25) is 0 Å². The Morgan fingerprint density at radius 2 is 1.95 bits per heavy atom. The largest absolute Gasteiger partial charge is 0.706 e. The molecule has 0 heterocycles. The fourth-order valence-corrected chi connectivity index (χ4v) is 1.83. The molecule has 0 fully saturated rings. The molecule has 1 N–H and O–H groups in total. The number of aryl methyl sites for hydroxylation is 1. The molecule has 0 aliphatic heterocycles. The summed E-state index contributed by atoms with van der Waals surface area (Å²) in [4.78, 5) is 12.1. The normalized spacial score (nSPS) is 9.90. The third-order valence-corrected chi connectivity index (χ3v) is 2.92. The molecule has 5 heteroatoms. The summed E-state index contributed by atoms with van der Waals surface area (Å²) < 4.78 is 5.11. The first kappa shape index (κ1) is 13.7. The van der Waals surface area contributed by atoms with Gasteiger partial charge in [0.25, 0.3) is 5.91 Å². The second kappa shape index (κ2) is 5.97. The van der Waals surface area contributed by atoms with Crippen LogP contribution in [-0.2, 0) is 0 Å². The van der Waals surface area contributed by atoms with E-state index in [1.54, 1.807) is 36.4 Å². The van der Waals surface area contributed by atoms with Gasteiger partial charge < -0.3 is 20.7 Å². The standard InChI is InChI=1S/C15H14N3O2/c1-10-8-13(18-16)14(20-2)9-12(10)17-15(19)11-6-4-3-5-7-11/h3-9H,1-2H3,(H,17,19)/q-1. The SMILES string of the molecule is COc1cc(NC(=O)c2ccccc2)c(C)cc1N=[N-]. The summed E-state index contributed by atoms with van der Waals surface area (Å²) in [6.45, 7) is 1.81. The van der Waals surface area contributed by atoms with Gasteiger partial charge in [-0.2, -0.15) is 0 Å². The Hall–Kier alpha value is -2.69. The van der Waals surface area contributed by atoms with Crippen molar-refractivity contribution in [2.75, 3.05) is 12.4 Å². The first-order valence-corrected chi connectivity index (χ1v) is 6.06. The molecule has 0 radical (unpaired) electrons. The number of hydrogen-bond donors (Lipinski definition) is 1. The Kier molecular flexibility index (Phi) is 4.10. The van der Waals surface area contributed by atoms with Gasteiger partial charge in [0.2, 0.25) is 0 Å². The van der Waals surface area contributed by atoms with Crippen LogP contribution in [0.25, 0.3) is 5.53 Å². The Balaban J connectivity index is 2.30. The second-order valence-electron chi connectivity index (χ2n) is 4.26. The highest BCUT2D eigenvalue weighted by Crippen LogP contribution is 2.33. The lowest BCUT2D eigenvalue weighted by Gasteiger charge is -2.13. The van der Waals surface area contributed by atoms with Crippen LogP contribution in [0.1, 0.15) is 15.9 Å². The van der Waals surface area contributed by atoms with Crippen molar-refractivity contribution in [1.82, 2.24) is 0 Å². The van der Waals surface area contributed by atoms with Crippen molar-refractivity contribution in [2.45, 2.75) is 6.92 Å². The zero-order valence-electron chi connectivity index (χ0n) is 11.3. The van der Waals surface area contributed by atoms with E-state index in [0.717, 1.165) is 5.56 Å². The summed E-state index contributed by atoms with van der Waals surface area (Å²) in [5.41, 5.74) is 11.2. The van der Waals surface area contributed by atoms with E-state index in [1.165, 1.54) is 7.11 Å². The molecule has 2 aromatic rings. The Labute approximate surface area is 117 Å². The minimum absolute atomic E-state index is 0.204. The summed E-state index contributed by atoms with van der Waals surface area (Å²) in [5.74, 6) is 0.186. The minimum atomic E-state index is -0.204. The lowest BCUT2D eigenvalue weighted by molar-refractivity contribution is 0.102. The van der Waals surface area contributed by atoms with Crippen molar-refractivity contribution in [3.05, 3.63) is 59.1 Å². The van der Waals surface area contributed by atoms with Crippen molar-refractivity contribution in [3.8, 4) is 5.75 Å². The molecule has 0 unspecified atom stereocenters. The smallest absolute Gasteiger partial charge is 0.255 e. The molecule has 102 valence electrons. The van der Waals surface area contributed by atoms with Crippen LogP contribution in [0.15, 0.2) is 47.6 Å². The fraction of sp³-hybridized carbons (Fsp3) is 0.133. The quantitative estimate of drug-likeness (QED) is 0.854. The zero-order valence-corrected chi connectivity index (χ0v) is 11.3. The number of rotatable bonds is 4. The number of amides is 1. The number of hydrogen-bond acceptors (Lipinski definition) is 3. The van der Waals surface area contributed by atoms with Crippen LogP contribution in [-0.4, -0.2) is 13.0 Å². The highest BCUT2D eigenvalue weighted by Gasteiger charge is 2.10. The van der Waals surface area contributed by atoms with Crippen molar-refractivity contribution >= 4 is 17.3 Å². The van der Waals surface area contributed by atoms with Crippen LogP contribution in [0.4, 0.5) is 11.4 Å².